The van der Waals surface area contributed by atoms with Gasteiger partial charge >= 0.3 is 0 Å². The van der Waals surface area contributed by atoms with Crippen molar-refractivity contribution >= 4 is 39.1 Å². The molecule has 0 aliphatic carbocycles. The summed E-state index contributed by atoms with van der Waals surface area (Å²) in [5, 5.41) is 2.14. The van der Waals surface area contributed by atoms with Gasteiger partial charge < -0.3 is 4.74 Å². The first kappa shape index (κ1) is 14.1. The molecule has 0 heterocycles. The van der Waals surface area contributed by atoms with Gasteiger partial charge in [0, 0.05) is 11.1 Å². The Morgan fingerprint density at radius 2 is 1.71 bits per heavy atom. The van der Waals surface area contributed by atoms with E-state index in [2.05, 4.69) is 22.6 Å². The number of ether oxygens (including phenoxy) is 1. The SMILES string of the molecule is COc1ccc2cc(C(=O)c3ccccc3)ccc2c1I. The summed E-state index contributed by atoms with van der Waals surface area (Å²) in [5.74, 6) is 0.897. The summed E-state index contributed by atoms with van der Waals surface area (Å²) < 4.78 is 6.39. The van der Waals surface area contributed by atoms with Crippen LogP contribution in [0.25, 0.3) is 10.8 Å². The predicted molar refractivity (Wildman–Crippen MR) is 93.1 cm³/mol. The normalized spacial score (nSPS) is 10.6. The molecule has 3 aromatic rings. The van der Waals surface area contributed by atoms with Crippen molar-refractivity contribution in [3.63, 3.8) is 0 Å². The standard InChI is InChI=1S/C18H13IO2/c1-21-16-10-8-13-11-14(7-9-15(13)17(16)19)18(20)12-5-3-2-4-6-12/h2-11H,1H3. The number of carbonyl (C=O) groups excluding carboxylic acids is 1. The summed E-state index contributed by atoms with van der Waals surface area (Å²) in [7, 11) is 1.66. The molecule has 3 aromatic carbocycles. The molecule has 0 atom stereocenters. The van der Waals surface area contributed by atoms with Gasteiger partial charge in [-0.15, -0.1) is 0 Å². The lowest BCUT2D eigenvalue weighted by Gasteiger charge is -2.08. The minimum Gasteiger partial charge on any atom is -0.496 e. The molecular weight excluding hydrogens is 375 g/mol. The van der Waals surface area contributed by atoms with Crippen LogP contribution in [0.3, 0.4) is 0 Å². The first-order valence-corrected chi connectivity index (χ1v) is 7.64. The molecule has 3 heteroatoms. The van der Waals surface area contributed by atoms with Crippen LogP contribution in [-0.2, 0) is 0 Å². The molecule has 0 aromatic heterocycles. The van der Waals surface area contributed by atoms with E-state index in [-0.39, 0.29) is 5.78 Å². The van der Waals surface area contributed by atoms with Gasteiger partial charge in [-0.05, 0) is 45.5 Å². The Hall–Kier alpha value is -1.88. The fraction of sp³-hybridized carbons (Fsp3) is 0.0556. The summed E-state index contributed by atoms with van der Waals surface area (Å²) in [6.45, 7) is 0. The molecule has 0 spiro atoms. The number of benzene rings is 3. The van der Waals surface area contributed by atoms with Gasteiger partial charge in [-0.1, -0.05) is 48.5 Å². The van der Waals surface area contributed by atoms with E-state index < -0.39 is 0 Å². The smallest absolute Gasteiger partial charge is 0.193 e. The number of carbonyl (C=O) groups is 1. The van der Waals surface area contributed by atoms with Crippen LogP contribution in [0.2, 0.25) is 0 Å². The van der Waals surface area contributed by atoms with Crippen molar-refractivity contribution in [2.45, 2.75) is 0 Å². The second kappa shape index (κ2) is 5.85. The molecule has 0 saturated carbocycles. The summed E-state index contributed by atoms with van der Waals surface area (Å²) in [6, 6.07) is 19.0. The van der Waals surface area contributed by atoms with Gasteiger partial charge in [0.2, 0.25) is 0 Å². The van der Waals surface area contributed by atoms with E-state index in [1.807, 2.05) is 60.7 Å². The highest BCUT2D eigenvalue weighted by Crippen LogP contribution is 2.30. The van der Waals surface area contributed by atoms with Gasteiger partial charge in [-0.2, -0.15) is 0 Å². The van der Waals surface area contributed by atoms with E-state index in [0.717, 1.165) is 20.1 Å². The second-order valence-electron chi connectivity index (χ2n) is 4.71. The molecule has 0 unspecified atom stereocenters. The molecule has 21 heavy (non-hydrogen) atoms. The Morgan fingerprint density at radius 3 is 2.43 bits per heavy atom. The number of ketones is 1. The lowest BCUT2D eigenvalue weighted by molar-refractivity contribution is 0.103. The van der Waals surface area contributed by atoms with Crippen molar-refractivity contribution in [2.24, 2.45) is 0 Å². The fourth-order valence-electron chi connectivity index (χ4n) is 2.33. The maximum atomic E-state index is 12.5. The molecule has 104 valence electrons. The van der Waals surface area contributed by atoms with E-state index >= 15 is 0 Å². The van der Waals surface area contributed by atoms with Gasteiger partial charge in [-0.3, -0.25) is 4.79 Å². The maximum absolute atomic E-state index is 12.5. The van der Waals surface area contributed by atoms with Crippen LogP contribution in [0, 0.1) is 3.57 Å². The Balaban J connectivity index is 2.08. The topological polar surface area (TPSA) is 26.3 Å². The van der Waals surface area contributed by atoms with E-state index in [9.17, 15) is 4.79 Å². The van der Waals surface area contributed by atoms with E-state index in [1.54, 1.807) is 7.11 Å². The molecule has 0 fully saturated rings. The highest BCUT2D eigenvalue weighted by Gasteiger charge is 2.11. The van der Waals surface area contributed by atoms with Crippen LogP contribution in [0.5, 0.6) is 5.75 Å². The zero-order valence-corrected chi connectivity index (χ0v) is 13.6. The number of fused-ring (bicyclic) bond motifs is 1. The quantitative estimate of drug-likeness (QED) is 0.481. The van der Waals surface area contributed by atoms with Crippen LogP contribution < -0.4 is 4.74 Å². The van der Waals surface area contributed by atoms with E-state index in [0.29, 0.717) is 11.1 Å². The second-order valence-corrected chi connectivity index (χ2v) is 5.79. The molecule has 0 aliphatic rings. The van der Waals surface area contributed by atoms with Crippen molar-refractivity contribution in [1.82, 2.24) is 0 Å². The number of rotatable bonds is 3. The van der Waals surface area contributed by atoms with Crippen molar-refractivity contribution in [2.75, 3.05) is 7.11 Å². The van der Waals surface area contributed by atoms with Crippen LogP contribution >= 0.6 is 22.6 Å². The zero-order valence-electron chi connectivity index (χ0n) is 11.5. The fourth-order valence-corrected chi connectivity index (χ4v) is 3.22. The highest BCUT2D eigenvalue weighted by molar-refractivity contribution is 14.1. The lowest BCUT2D eigenvalue weighted by atomic mass is 10.00. The van der Waals surface area contributed by atoms with Gasteiger partial charge in [0.25, 0.3) is 0 Å². The van der Waals surface area contributed by atoms with Crippen molar-refractivity contribution in [1.29, 1.82) is 0 Å². The average Bonchev–Trinajstić information content (AvgIpc) is 2.55. The summed E-state index contributed by atoms with van der Waals surface area (Å²) in [6.07, 6.45) is 0. The third-order valence-corrected chi connectivity index (χ3v) is 4.55. The minimum atomic E-state index is 0.0447. The molecular formula is C18H13IO2. The summed E-state index contributed by atoms with van der Waals surface area (Å²) in [5.41, 5.74) is 1.41. The third-order valence-electron chi connectivity index (χ3n) is 3.44. The zero-order chi connectivity index (χ0) is 14.8. The summed E-state index contributed by atoms with van der Waals surface area (Å²) >= 11 is 2.27. The largest absolute Gasteiger partial charge is 0.496 e. The number of methoxy groups -OCH3 is 1. The first-order valence-electron chi connectivity index (χ1n) is 6.56. The molecule has 0 N–H and O–H groups in total. The monoisotopic (exact) mass is 388 g/mol. The highest BCUT2D eigenvalue weighted by atomic mass is 127. The first-order chi connectivity index (χ1) is 10.2. The molecule has 0 saturated heterocycles. The molecule has 0 bridgehead atoms. The van der Waals surface area contributed by atoms with Gasteiger partial charge in [0.1, 0.15) is 5.75 Å². The van der Waals surface area contributed by atoms with Crippen molar-refractivity contribution < 1.29 is 9.53 Å². The van der Waals surface area contributed by atoms with Crippen molar-refractivity contribution in [3.05, 3.63) is 75.4 Å². The minimum absolute atomic E-state index is 0.0447. The Labute approximate surface area is 136 Å². The maximum Gasteiger partial charge on any atom is 0.193 e. The van der Waals surface area contributed by atoms with Gasteiger partial charge in [-0.25, -0.2) is 0 Å². The van der Waals surface area contributed by atoms with Crippen LogP contribution in [0.15, 0.2) is 60.7 Å². The molecule has 2 nitrogen and oxygen atoms in total. The molecule has 0 radical (unpaired) electrons. The predicted octanol–water partition coefficient (Wildman–Crippen LogP) is 4.68. The van der Waals surface area contributed by atoms with Crippen molar-refractivity contribution in [3.8, 4) is 5.75 Å². The van der Waals surface area contributed by atoms with Crippen LogP contribution in [0.4, 0.5) is 0 Å². The van der Waals surface area contributed by atoms with Crippen LogP contribution in [0.1, 0.15) is 15.9 Å². The third kappa shape index (κ3) is 2.65. The van der Waals surface area contributed by atoms with E-state index in [4.69, 9.17) is 4.74 Å². The van der Waals surface area contributed by atoms with Crippen LogP contribution in [-0.4, -0.2) is 12.9 Å². The van der Waals surface area contributed by atoms with E-state index in [1.165, 1.54) is 0 Å². The lowest BCUT2D eigenvalue weighted by Crippen LogP contribution is -2.01. The molecule has 0 amide bonds. The Bertz CT molecular complexity index is 810. The number of hydrogen-bond acceptors (Lipinski definition) is 2. The Kier molecular flexibility index (Phi) is 3.92. The Morgan fingerprint density at radius 1 is 0.952 bits per heavy atom. The summed E-state index contributed by atoms with van der Waals surface area (Å²) in [4.78, 5) is 12.5. The van der Waals surface area contributed by atoms with Gasteiger partial charge in [0.15, 0.2) is 5.78 Å². The number of hydrogen-bond donors (Lipinski definition) is 0. The number of halogens is 1. The van der Waals surface area contributed by atoms with Gasteiger partial charge in [0.05, 0.1) is 10.7 Å². The average molecular weight is 388 g/mol. The molecule has 3 rings (SSSR count). The molecule has 0 aliphatic heterocycles.